The molecule has 0 unspecified atom stereocenters. The van der Waals surface area contributed by atoms with E-state index in [0.717, 1.165) is 0 Å². The van der Waals surface area contributed by atoms with E-state index in [9.17, 15) is 13.2 Å². The van der Waals surface area contributed by atoms with E-state index in [1.807, 2.05) is 6.92 Å². The Balaban J connectivity index is 2.60. The van der Waals surface area contributed by atoms with Crippen LogP contribution in [0.3, 0.4) is 0 Å². The molecule has 0 fully saturated rings. The number of carboxylic acids is 1. The van der Waals surface area contributed by atoms with Gasteiger partial charge in [-0.15, -0.1) is 0 Å². The van der Waals surface area contributed by atoms with Crippen LogP contribution in [-0.2, 0) is 21.4 Å². The second kappa shape index (κ2) is 5.78. The lowest BCUT2D eigenvalue weighted by Crippen LogP contribution is -2.27. The van der Waals surface area contributed by atoms with Crippen molar-refractivity contribution in [3.63, 3.8) is 0 Å². The van der Waals surface area contributed by atoms with Gasteiger partial charge >= 0.3 is 5.97 Å². The highest BCUT2D eigenvalue weighted by Gasteiger charge is 2.17. The standard InChI is InChI=1S/C9H15N3O4S/c1-2-12-7-10-6-8(12)17(15,16)11-5-3-4-9(13)14/h6-7,11H,2-5H2,1H3,(H,13,14). The SMILES string of the molecule is CCn1cncc1S(=O)(=O)NCCCC(=O)O. The van der Waals surface area contributed by atoms with E-state index in [-0.39, 0.29) is 24.4 Å². The summed E-state index contributed by atoms with van der Waals surface area (Å²) in [6, 6.07) is 0. The molecule has 0 bridgehead atoms. The van der Waals surface area contributed by atoms with Gasteiger partial charge in [0.25, 0.3) is 10.0 Å². The maximum absolute atomic E-state index is 11.8. The van der Waals surface area contributed by atoms with Gasteiger partial charge in [-0.2, -0.15) is 0 Å². The van der Waals surface area contributed by atoms with Crippen molar-refractivity contribution in [2.45, 2.75) is 31.3 Å². The first-order valence-corrected chi connectivity index (χ1v) is 6.67. The fraction of sp³-hybridized carbons (Fsp3) is 0.556. The fourth-order valence-corrected chi connectivity index (χ4v) is 2.54. The van der Waals surface area contributed by atoms with E-state index in [4.69, 9.17) is 5.11 Å². The lowest BCUT2D eigenvalue weighted by Gasteiger charge is -2.07. The van der Waals surface area contributed by atoms with Crippen LogP contribution < -0.4 is 4.72 Å². The average molecular weight is 261 g/mol. The van der Waals surface area contributed by atoms with Gasteiger partial charge < -0.3 is 9.67 Å². The van der Waals surface area contributed by atoms with Gasteiger partial charge in [0.15, 0.2) is 5.03 Å². The minimum Gasteiger partial charge on any atom is -0.481 e. The van der Waals surface area contributed by atoms with Crippen molar-refractivity contribution in [1.29, 1.82) is 0 Å². The number of carbonyl (C=O) groups is 1. The van der Waals surface area contributed by atoms with Crippen molar-refractivity contribution in [3.8, 4) is 0 Å². The van der Waals surface area contributed by atoms with Crippen molar-refractivity contribution in [3.05, 3.63) is 12.5 Å². The number of aromatic nitrogens is 2. The van der Waals surface area contributed by atoms with Crippen LogP contribution in [0.2, 0.25) is 0 Å². The number of nitrogens with zero attached hydrogens (tertiary/aromatic N) is 2. The Hall–Kier alpha value is -1.41. The van der Waals surface area contributed by atoms with Crippen molar-refractivity contribution < 1.29 is 18.3 Å². The summed E-state index contributed by atoms with van der Waals surface area (Å²) in [5.74, 6) is -0.942. The van der Waals surface area contributed by atoms with E-state index in [1.54, 1.807) is 0 Å². The molecule has 0 atom stereocenters. The predicted molar refractivity (Wildman–Crippen MR) is 60.0 cm³/mol. The van der Waals surface area contributed by atoms with Crippen molar-refractivity contribution in [1.82, 2.24) is 14.3 Å². The number of rotatable bonds is 7. The Morgan fingerprint density at radius 2 is 2.29 bits per heavy atom. The summed E-state index contributed by atoms with van der Waals surface area (Å²) in [5.41, 5.74) is 0. The first-order chi connectivity index (χ1) is 7.97. The van der Waals surface area contributed by atoms with Crippen molar-refractivity contribution in [2.75, 3.05) is 6.54 Å². The molecule has 1 rings (SSSR count). The van der Waals surface area contributed by atoms with Gasteiger partial charge in [-0.1, -0.05) is 0 Å². The number of aryl methyl sites for hydroxylation is 1. The van der Waals surface area contributed by atoms with Crippen LogP contribution in [0.5, 0.6) is 0 Å². The zero-order valence-electron chi connectivity index (χ0n) is 9.46. The molecular weight excluding hydrogens is 246 g/mol. The molecule has 8 heteroatoms. The highest BCUT2D eigenvalue weighted by atomic mass is 32.2. The molecular formula is C9H15N3O4S. The monoisotopic (exact) mass is 261 g/mol. The zero-order chi connectivity index (χ0) is 12.9. The maximum Gasteiger partial charge on any atom is 0.303 e. The van der Waals surface area contributed by atoms with E-state index in [0.29, 0.717) is 6.54 Å². The van der Waals surface area contributed by atoms with E-state index in [2.05, 4.69) is 9.71 Å². The summed E-state index contributed by atoms with van der Waals surface area (Å²) in [7, 11) is -3.60. The quantitative estimate of drug-likeness (QED) is 0.675. The molecule has 0 aromatic carbocycles. The minimum absolute atomic E-state index is 0.0600. The molecule has 0 saturated carbocycles. The molecule has 1 aromatic rings. The van der Waals surface area contributed by atoms with Gasteiger partial charge in [0.05, 0.1) is 12.5 Å². The van der Waals surface area contributed by atoms with E-state index in [1.165, 1.54) is 17.1 Å². The third-order valence-electron chi connectivity index (χ3n) is 2.15. The number of nitrogens with one attached hydrogen (secondary N) is 1. The number of hydrogen-bond acceptors (Lipinski definition) is 4. The fourth-order valence-electron chi connectivity index (χ4n) is 1.29. The largest absolute Gasteiger partial charge is 0.481 e. The topological polar surface area (TPSA) is 101 Å². The molecule has 0 aliphatic heterocycles. The van der Waals surface area contributed by atoms with Crippen molar-refractivity contribution in [2.24, 2.45) is 0 Å². The second-order valence-corrected chi connectivity index (χ2v) is 5.13. The van der Waals surface area contributed by atoms with Gasteiger partial charge in [0, 0.05) is 19.5 Å². The highest BCUT2D eigenvalue weighted by Crippen LogP contribution is 2.07. The first-order valence-electron chi connectivity index (χ1n) is 5.19. The van der Waals surface area contributed by atoms with Crippen LogP contribution in [0.4, 0.5) is 0 Å². The molecule has 0 spiro atoms. The third-order valence-corrected chi connectivity index (χ3v) is 3.62. The first kappa shape index (κ1) is 13.7. The maximum atomic E-state index is 11.8. The lowest BCUT2D eigenvalue weighted by molar-refractivity contribution is -0.137. The number of imidazole rings is 1. The van der Waals surface area contributed by atoms with Crippen LogP contribution in [0.15, 0.2) is 17.6 Å². The van der Waals surface area contributed by atoms with Gasteiger partial charge in [0.2, 0.25) is 0 Å². The Kier molecular flexibility index (Phi) is 4.64. The molecule has 0 aliphatic carbocycles. The number of sulfonamides is 1. The Morgan fingerprint density at radius 3 is 2.88 bits per heavy atom. The molecule has 0 saturated heterocycles. The molecule has 17 heavy (non-hydrogen) atoms. The van der Waals surface area contributed by atoms with Crippen LogP contribution >= 0.6 is 0 Å². The summed E-state index contributed by atoms with van der Waals surface area (Å²) in [4.78, 5) is 14.0. The predicted octanol–water partition coefficient (Wildman–Crippen LogP) is 0.0461. The van der Waals surface area contributed by atoms with Crippen LogP contribution in [0, 0.1) is 0 Å². The Labute approximate surface area is 99.5 Å². The van der Waals surface area contributed by atoms with Gasteiger partial charge in [0.1, 0.15) is 0 Å². The second-order valence-electron chi connectivity index (χ2n) is 3.41. The van der Waals surface area contributed by atoms with Crippen LogP contribution in [0.25, 0.3) is 0 Å². The Bertz CT molecular complexity index is 480. The normalized spacial score (nSPS) is 11.6. The summed E-state index contributed by atoms with van der Waals surface area (Å²) in [6.45, 7) is 2.42. The molecule has 0 radical (unpaired) electrons. The molecule has 96 valence electrons. The summed E-state index contributed by atoms with van der Waals surface area (Å²) < 4.78 is 27.4. The van der Waals surface area contributed by atoms with Crippen LogP contribution in [-0.4, -0.2) is 35.6 Å². The molecule has 1 aromatic heterocycles. The molecule has 1 heterocycles. The minimum atomic E-state index is -3.60. The Morgan fingerprint density at radius 1 is 1.59 bits per heavy atom. The van der Waals surface area contributed by atoms with Crippen molar-refractivity contribution >= 4 is 16.0 Å². The highest BCUT2D eigenvalue weighted by molar-refractivity contribution is 7.89. The molecule has 7 nitrogen and oxygen atoms in total. The van der Waals surface area contributed by atoms with Gasteiger partial charge in [-0.25, -0.2) is 18.1 Å². The smallest absolute Gasteiger partial charge is 0.303 e. The van der Waals surface area contributed by atoms with E-state index < -0.39 is 16.0 Å². The van der Waals surface area contributed by atoms with E-state index >= 15 is 0 Å². The number of hydrogen-bond donors (Lipinski definition) is 2. The van der Waals surface area contributed by atoms with Gasteiger partial charge in [-0.05, 0) is 13.3 Å². The average Bonchev–Trinajstić information content (AvgIpc) is 2.73. The summed E-state index contributed by atoms with van der Waals surface area (Å²) >= 11 is 0. The number of carboxylic acid groups (broad SMARTS) is 1. The molecule has 0 amide bonds. The van der Waals surface area contributed by atoms with Gasteiger partial charge in [-0.3, -0.25) is 4.79 Å². The van der Waals surface area contributed by atoms with Crippen LogP contribution in [0.1, 0.15) is 19.8 Å². The zero-order valence-corrected chi connectivity index (χ0v) is 10.3. The lowest BCUT2D eigenvalue weighted by atomic mass is 10.3. The third kappa shape index (κ3) is 3.82. The summed E-state index contributed by atoms with van der Waals surface area (Å²) in [5, 5.41) is 8.51. The molecule has 2 N–H and O–H groups in total. The molecule has 0 aliphatic rings. The number of aliphatic carboxylic acids is 1. The summed E-state index contributed by atoms with van der Waals surface area (Å²) in [6.07, 6.45) is 2.90.